The van der Waals surface area contributed by atoms with Gasteiger partial charge in [0, 0.05) is 32.6 Å². The maximum absolute atomic E-state index is 13.5. The lowest BCUT2D eigenvalue weighted by molar-refractivity contribution is -0.140. The Morgan fingerprint density at radius 1 is 0.951 bits per heavy atom. The number of rotatable bonds is 13. The van der Waals surface area contributed by atoms with Crippen molar-refractivity contribution in [2.45, 2.75) is 82.2 Å². The van der Waals surface area contributed by atoms with Crippen LogP contribution >= 0.6 is 0 Å². The minimum Gasteiger partial charge on any atom is -0.497 e. The van der Waals surface area contributed by atoms with Gasteiger partial charge in [-0.2, -0.15) is 4.31 Å². The molecule has 222 valence electrons. The van der Waals surface area contributed by atoms with Crippen LogP contribution < -0.4 is 10.1 Å². The summed E-state index contributed by atoms with van der Waals surface area (Å²) in [6, 6.07) is 13.7. The lowest BCUT2D eigenvalue weighted by atomic mass is 9.97. The van der Waals surface area contributed by atoms with E-state index in [0.29, 0.717) is 32.6 Å². The average Bonchev–Trinajstić information content (AvgIpc) is 3.56. The number of sulfonamides is 1. The number of benzene rings is 2. The fraction of sp³-hybridized carbons (Fsp3) is 0.500. The number of nitrogens with one attached hydrogen (secondary N) is 1. The van der Waals surface area contributed by atoms with Gasteiger partial charge in [-0.15, -0.1) is 0 Å². The number of nitrogens with zero attached hydrogens (tertiary/aromatic N) is 2. The van der Waals surface area contributed by atoms with E-state index in [-0.39, 0.29) is 23.1 Å². The van der Waals surface area contributed by atoms with Crippen molar-refractivity contribution >= 4 is 21.8 Å². The van der Waals surface area contributed by atoms with Crippen LogP contribution in [0.4, 0.5) is 0 Å². The molecule has 1 atom stereocenters. The molecule has 1 aliphatic carbocycles. The van der Waals surface area contributed by atoms with Crippen LogP contribution in [0.15, 0.2) is 65.1 Å². The molecule has 1 saturated heterocycles. The molecular formula is C32H43N3O5S. The Balaban J connectivity index is 1.39. The van der Waals surface area contributed by atoms with Gasteiger partial charge in [0.05, 0.1) is 12.0 Å². The highest BCUT2D eigenvalue weighted by molar-refractivity contribution is 7.89. The van der Waals surface area contributed by atoms with Crippen LogP contribution in [0.3, 0.4) is 0 Å². The summed E-state index contributed by atoms with van der Waals surface area (Å²) in [6.45, 7) is 3.76. The first-order valence-corrected chi connectivity index (χ1v) is 16.2. The van der Waals surface area contributed by atoms with Gasteiger partial charge >= 0.3 is 0 Å². The number of amides is 2. The lowest BCUT2D eigenvalue weighted by Crippen LogP contribution is -2.47. The van der Waals surface area contributed by atoms with Crippen molar-refractivity contribution < 1.29 is 22.7 Å². The fourth-order valence-corrected chi connectivity index (χ4v) is 6.95. The van der Waals surface area contributed by atoms with E-state index < -0.39 is 16.1 Å². The van der Waals surface area contributed by atoms with Crippen LogP contribution in [-0.2, 0) is 32.6 Å². The van der Waals surface area contributed by atoms with Crippen molar-refractivity contribution in [3.8, 4) is 5.75 Å². The molecule has 0 radical (unpaired) electrons. The number of aryl methyl sites for hydroxylation is 1. The maximum atomic E-state index is 13.5. The standard InChI is InChI=1S/C32H43N3O5S/c1-25(32(37)33-21-20-26-8-4-3-5-9-26)35(24-28-10-15-29(40-2)16-11-28)31(36)19-14-27-12-17-30(18-13-27)41(38,39)34-22-6-7-23-34/h8,10-13,15-18,25H,3-7,9,14,19-24H2,1-2H3,(H,33,37)/t25-/m1/s1. The van der Waals surface area contributed by atoms with Crippen molar-refractivity contribution in [3.63, 3.8) is 0 Å². The second-order valence-electron chi connectivity index (χ2n) is 11.0. The summed E-state index contributed by atoms with van der Waals surface area (Å²) in [5.74, 6) is 0.427. The SMILES string of the molecule is COc1ccc(CN(C(=O)CCc2ccc(S(=O)(=O)N3CCCC3)cc2)[C@H](C)C(=O)NCCC2=CCCCC2)cc1. The highest BCUT2D eigenvalue weighted by Gasteiger charge is 2.28. The van der Waals surface area contributed by atoms with Crippen molar-refractivity contribution in [2.75, 3.05) is 26.7 Å². The molecule has 0 aromatic heterocycles. The molecule has 0 saturated carbocycles. The molecule has 8 nitrogen and oxygen atoms in total. The topological polar surface area (TPSA) is 96.0 Å². The predicted molar refractivity (Wildman–Crippen MR) is 160 cm³/mol. The quantitative estimate of drug-likeness (QED) is 0.342. The third-order valence-corrected chi connectivity index (χ3v) is 9.98. The van der Waals surface area contributed by atoms with Gasteiger partial charge in [0.15, 0.2) is 0 Å². The Kier molecular flexibility index (Phi) is 11.0. The minimum absolute atomic E-state index is 0.132. The summed E-state index contributed by atoms with van der Waals surface area (Å²) in [4.78, 5) is 28.6. The Morgan fingerprint density at radius 3 is 2.27 bits per heavy atom. The molecular weight excluding hydrogens is 538 g/mol. The predicted octanol–water partition coefficient (Wildman–Crippen LogP) is 4.84. The van der Waals surface area contributed by atoms with E-state index in [1.54, 1.807) is 43.2 Å². The second-order valence-corrected chi connectivity index (χ2v) is 12.9. The fourth-order valence-electron chi connectivity index (χ4n) is 5.44. The molecule has 2 aromatic carbocycles. The monoisotopic (exact) mass is 581 g/mol. The van der Waals surface area contributed by atoms with E-state index >= 15 is 0 Å². The molecule has 9 heteroatoms. The molecule has 1 aliphatic heterocycles. The van der Waals surface area contributed by atoms with Crippen molar-refractivity contribution in [1.82, 2.24) is 14.5 Å². The summed E-state index contributed by atoms with van der Waals surface area (Å²) in [5.41, 5.74) is 3.18. The van der Waals surface area contributed by atoms with E-state index in [0.717, 1.165) is 49.0 Å². The van der Waals surface area contributed by atoms with E-state index in [4.69, 9.17) is 4.74 Å². The molecule has 0 unspecified atom stereocenters. The van der Waals surface area contributed by atoms with Gasteiger partial charge < -0.3 is 15.0 Å². The van der Waals surface area contributed by atoms with Gasteiger partial charge in [0.25, 0.3) is 0 Å². The summed E-state index contributed by atoms with van der Waals surface area (Å²) in [7, 11) is -1.87. The van der Waals surface area contributed by atoms with Crippen molar-refractivity contribution in [3.05, 3.63) is 71.3 Å². The van der Waals surface area contributed by atoms with Gasteiger partial charge in [-0.1, -0.05) is 35.9 Å². The zero-order valence-electron chi connectivity index (χ0n) is 24.3. The van der Waals surface area contributed by atoms with Crippen molar-refractivity contribution in [2.24, 2.45) is 0 Å². The second kappa shape index (κ2) is 14.6. The normalized spacial score (nSPS) is 16.6. The van der Waals surface area contributed by atoms with Crippen molar-refractivity contribution in [1.29, 1.82) is 0 Å². The first-order chi connectivity index (χ1) is 19.8. The van der Waals surface area contributed by atoms with E-state index in [1.807, 2.05) is 24.3 Å². The van der Waals surface area contributed by atoms with Crippen LogP contribution in [0, 0.1) is 0 Å². The number of hydrogen-bond acceptors (Lipinski definition) is 5. The van der Waals surface area contributed by atoms with Crippen LogP contribution in [0.5, 0.6) is 5.75 Å². The largest absolute Gasteiger partial charge is 0.497 e. The van der Waals surface area contributed by atoms with Crippen LogP contribution in [0.25, 0.3) is 0 Å². The van der Waals surface area contributed by atoms with Crippen LogP contribution in [0.2, 0.25) is 0 Å². The van der Waals surface area contributed by atoms with Crippen LogP contribution in [-0.4, -0.2) is 62.2 Å². The molecule has 1 N–H and O–H groups in total. The minimum atomic E-state index is -3.47. The molecule has 2 amide bonds. The van der Waals surface area contributed by atoms with Gasteiger partial charge in [-0.25, -0.2) is 8.42 Å². The highest BCUT2D eigenvalue weighted by Crippen LogP contribution is 2.22. The Labute approximate surface area is 244 Å². The number of hydrogen-bond donors (Lipinski definition) is 1. The highest BCUT2D eigenvalue weighted by atomic mass is 32.2. The van der Waals surface area contributed by atoms with E-state index in [9.17, 15) is 18.0 Å². The zero-order valence-corrected chi connectivity index (χ0v) is 25.1. The molecule has 2 aromatic rings. The van der Waals surface area contributed by atoms with E-state index in [1.165, 1.54) is 22.7 Å². The smallest absolute Gasteiger partial charge is 0.243 e. The first-order valence-electron chi connectivity index (χ1n) is 14.7. The number of methoxy groups -OCH3 is 1. The number of carbonyl (C=O) groups is 2. The number of ether oxygens (including phenoxy) is 1. The third kappa shape index (κ3) is 8.42. The molecule has 1 fully saturated rings. The van der Waals surface area contributed by atoms with E-state index in [2.05, 4.69) is 11.4 Å². The summed E-state index contributed by atoms with van der Waals surface area (Å²) in [6.07, 6.45) is 10.2. The lowest BCUT2D eigenvalue weighted by Gasteiger charge is -2.29. The maximum Gasteiger partial charge on any atom is 0.243 e. The average molecular weight is 582 g/mol. The molecule has 2 aliphatic rings. The van der Waals surface area contributed by atoms with Gasteiger partial charge in [0.1, 0.15) is 11.8 Å². The Bertz CT molecular complexity index is 1300. The third-order valence-electron chi connectivity index (χ3n) is 8.06. The first kappa shape index (κ1) is 30.8. The Hall–Kier alpha value is -3.17. The Morgan fingerprint density at radius 2 is 1.63 bits per heavy atom. The summed E-state index contributed by atoms with van der Waals surface area (Å²) < 4.78 is 32.5. The van der Waals surface area contributed by atoms with Crippen LogP contribution in [0.1, 0.15) is 69.4 Å². The zero-order chi connectivity index (χ0) is 29.2. The molecule has 1 heterocycles. The number of allylic oxidation sites excluding steroid dienone is 1. The molecule has 4 rings (SSSR count). The summed E-state index contributed by atoms with van der Waals surface area (Å²) >= 11 is 0. The van der Waals surface area contributed by atoms with Gasteiger partial charge in [-0.05, 0) is 93.7 Å². The summed E-state index contributed by atoms with van der Waals surface area (Å²) in [5, 5.41) is 3.03. The molecule has 0 bridgehead atoms. The molecule has 0 spiro atoms. The molecule has 41 heavy (non-hydrogen) atoms. The number of carbonyl (C=O) groups excluding carboxylic acids is 2. The van der Waals surface area contributed by atoms with Gasteiger partial charge in [-0.3, -0.25) is 9.59 Å². The van der Waals surface area contributed by atoms with Gasteiger partial charge in [0.2, 0.25) is 21.8 Å².